The van der Waals surface area contributed by atoms with Crippen LogP contribution in [-0.4, -0.2) is 6.04 Å². The van der Waals surface area contributed by atoms with E-state index in [1.165, 1.54) is 11.1 Å². The maximum absolute atomic E-state index is 13.1. The van der Waals surface area contributed by atoms with Crippen LogP contribution in [0.5, 0.6) is 0 Å². The highest BCUT2D eigenvalue weighted by molar-refractivity contribution is 5.44. The molecule has 2 aromatic carbocycles. The Bertz CT molecular complexity index is 602. The largest absolute Gasteiger partial charge is 0.382 e. The Kier molecular flexibility index (Phi) is 4.89. The summed E-state index contributed by atoms with van der Waals surface area (Å²) in [7, 11) is 0. The summed E-state index contributed by atoms with van der Waals surface area (Å²) in [5, 5.41) is 2.99. The first kappa shape index (κ1) is 15.4. The lowest BCUT2D eigenvalue weighted by molar-refractivity contribution is 0.447. The van der Waals surface area contributed by atoms with Crippen molar-refractivity contribution in [3.63, 3.8) is 0 Å². The van der Waals surface area contributed by atoms with Gasteiger partial charge in [0.25, 0.3) is 0 Å². The van der Waals surface area contributed by atoms with E-state index in [1.807, 2.05) is 26.0 Å². The van der Waals surface area contributed by atoms with Gasteiger partial charge in [0.05, 0.1) is 0 Å². The van der Waals surface area contributed by atoms with Crippen LogP contribution in [0.4, 0.5) is 18.9 Å². The van der Waals surface area contributed by atoms with Gasteiger partial charge in [0, 0.05) is 23.9 Å². The summed E-state index contributed by atoms with van der Waals surface area (Å²) in [6.45, 7) is 3.96. The molecule has 2 aromatic rings. The molecule has 0 aliphatic carbocycles. The van der Waals surface area contributed by atoms with Gasteiger partial charge in [-0.1, -0.05) is 29.8 Å². The second kappa shape index (κ2) is 6.66. The number of hydrogen-bond acceptors (Lipinski definition) is 1. The molecular weight excluding hydrogens is 275 g/mol. The molecule has 21 heavy (non-hydrogen) atoms. The quantitative estimate of drug-likeness (QED) is 0.777. The topological polar surface area (TPSA) is 12.0 Å². The molecule has 0 bridgehead atoms. The van der Waals surface area contributed by atoms with Crippen molar-refractivity contribution in [3.8, 4) is 0 Å². The van der Waals surface area contributed by atoms with Crippen molar-refractivity contribution in [2.45, 2.75) is 32.7 Å². The first-order valence-electron chi connectivity index (χ1n) is 6.92. The van der Waals surface area contributed by atoms with E-state index in [1.54, 1.807) is 0 Å². The summed E-state index contributed by atoms with van der Waals surface area (Å²) in [5.41, 5.74) is 2.68. The number of benzene rings is 2. The summed E-state index contributed by atoms with van der Waals surface area (Å²) < 4.78 is 39.1. The van der Waals surface area contributed by atoms with E-state index in [2.05, 4.69) is 17.4 Å². The maximum atomic E-state index is 13.1. The van der Waals surface area contributed by atoms with Gasteiger partial charge < -0.3 is 5.32 Å². The molecule has 0 aliphatic heterocycles. The highest BCUT2D eigenvalue weighted by Crippen LogP contribution is 2.19. The fourth-order valence-electron chi connectivity index (χ4n) is 2.25. The Morgan fingerprint density at radius 2 is 1.71 bits per heavy atom. The zero-order valence-electron chi connectivity index (χ0n) is 12.1. The van der Waals surface area contributed by atoms with Gasteiger partial charge in [0.15, 0.2) is 17.5 Å². The zero-order chi connectivity index (χ0) is 15.4. The molecule has 0 amide bonds. The summed E-state index contributed by atoms with van der Waals surface area (Å²) in [6.07, 6.45) is 1.67. The lowest BCUT2D eigenvalue weighted by atomic mass is 10.0. The fraction of sp³-hybridized carbons (Fsp3) is 0.294. The van der Waals surface area contributed by atoms with Crippen LogP contribution in [0.2, 0.25) is 0 Å². The van der Waals surface area contributed by atoms with Crippen LogP contribution in [0.3, 0.4) is 0 Å². The summed E-state index contributed by atoms with van der Waals surface area (Å²) in [5.74, 6) is -3.79. The Hall–Kier alpha value is -1.97. The average Bonchev–Trinajstić information content (AvgIpc) is 2.42. The van der Waals surface area contributed by atoms with Crippen molar-refractivity contribution in [2.24, 2.45) is 0 Å². The van der Waals surface area contributed by atoms with Gasteiger partial charge in [-0.05, 0) is 32.3 Å². The lowest BCUT2D eigenvalue weighted by Gasteiger charge is -2.16. The minimum absolute atomic E-state index is 0.0229. The highest BCUT2D eigenvalue weighted by atomic mass is 19.2. The number of halogens is 3. The second-order valence-corrected chi connectivity index (χ2v) is 5.33. The molecular formula is C17H18F3N. The summed E-state index contributed by atoms with van der Waals surface area (Å²) >= 11 is 0. The number of nitrogens with one attached hydrogen (secondary N) is 1. The highest BCUT2D eigenvalue weighted by Gasteiger charge is 2.11. The summed E-state index contributed by atoms with van der Waals surface area (Å²) in [4.78, 5) is 0. The van der Waals surface area contributed by atoms with Crippen molar-refractivity contribution < 1.29 is 13.2 Å². The normalized spacial score (nSPS) is 12.2. The van der Waals surface area contributed by atoms with Gasteiger partial charge in [-0.3, -0.25) is 0 Å². The third-order valence-electron chi connectivity index (χ3n) is 3.35. The van der Waals surface area contributed by atoms with Gasteiger partial charge in [-0.25, -0.2) is 13.2 Å². The number of rotatable bonds is 5. The van der Waals surface area contributed by atoms with Crippen molar-refractivity contribution >= 4 is 5.69 Å². The minimum Gasteiger partial charge on any atom is -0.382 e. The molecule has 2 rings (SSSR count). The van der Waals surface area contributed by atoms with Gasteiger partial charge in [-0.2, -0.15) is 0 Å². The molecule has 4 heteroatoms. The first-order valence-corrected chi connectivity index (χ1v) is 6.92. The number of aryl methyl sites for hydroxylation is 2. The molecule has 0 heterocycles. The molecule has 0 fully saturated rings. The van der Waals surface area contributed by atoms with Crippen LogP contribution < -0.4 is 5.32 Å². The molecule has 0 aromatic heterocycles. The predicted molar refractivity (Wildman–Crippen MR) is 78.9 cm³/mol. The van der Waals surface area contributed by atoms with Crippen molar-refractivity contribution in [1.29, 1.82) is 0 Å². The lowest BCUT2D eigenvalue weighted by Crippen LogP contribution is -2.16. The van der Waals surface area contributed by atoms with Gasteiger partial charge in [-0.15, -0.1) is 0 Å². The minimum atomic E-state index is -1.44. The van der Waals surface area contributed by atoms with E-state index in [0.717, 1.165) is 25.0 Å². The maximum Gasteiger partial charge on any atom is 0.194 e. The smallest absolute Gasteiger partial charge is 0.194 e. The van der Waals surface area contributed by atoms with E-state index < -0.39 is 17.5 Å². The number of anilines is 1. The van der Waals surface area contributed by atoms with Gasteiger partial charge in [0.2, 0.25) is 0 Å². The van der Waals surface area contributed by atoms with Crippen LogP contribution in [0.1, 0.15) is 24.5 Å². The van der Waals surface area contributed by atoms with E-state index in [9.17, 15) is 13.2 Å². The van der Waals surface area contributed by atoms with Crippen LogP contribution in [0.25, 0.3) is 0 Å². The van der Waals surface area contributed by atoms with E-state index in [-0.39, 0.29) is 11.7 Å². The zero-order valence-corrected chi connectivity index (χ0v) is 12.1. The Morgan fingerprint density at radius 3 is 2.33 bits per heavy atom. The van der Waals surface area contributed by atoms with E-state index in [0.29, 0.717) is 0 Å². The molecule has 0 spiro atoms. The van der Waals surface area contributed by atoms with Crippen molar-refractivity contribution in [2.75, 3.05) is 5.32 Å². The van der Waals surface area contributed by atoms with E-state index >= 15 is 0 Å². The monoisotopic (exact) mass is 293 g/mol. The third kappa shape index (κ3) is 4.25. The third-order valence-corrected chi connectivity index (χ3v) is 3.35. The van der Waals surface area contributed by atoms with Gasteiger partial charge in [0.1, 0.15) is 0 Å². The Balaban J connectivity index is 1.94. The molecule has 1 nitrogen and oxygen atoms in total. The summed E-state index contributed by atoms with van der Waals surface area (Å²) in [6, 6.07) is 10.2. The SMILES string of the molecule is Cc1cccc(CCC(C)Nc2cc(F)c(F)c(F)c2)c1. The average molecular weight is 293 g/mol. The van der Waals surface area contributed by atoms with E-state index in [4.69, 9.17) is 0 Å². The Labute approximate surface area is 122 Å². The molecule has 0 saturated carbocycles. The van der Waals surface area contributed by atoms with Crippen molar-refractivity contribution in [3.05, 3.63) is 65.0 Å². The van der Waals surface area contributed by atoms with Gasteiger partial charge >= 0.3 is 0 Å². The van der Waals surface area contributed by atoms with Crippen molar-refractivity contribution in [1.82, 2.24) is 0 Å². The second-order valence-electron chi connectivity index (χ2n) is 5.33. The molecule has 0 saturated heterocycles. The van der Waals surface area contributed by atoms with Crippen LogP contribution >= 0.6 is 0 Å². The molecule has 1 unspecified atom stereocenters. The predicted octanol–water partition coefficient (Wildman–Crippen LogP) is 4.85. The first-order chi connectivity index (χ1) is 9.95. The molecule has 1 atom stereocenters. The Morgan fingerprint density at radius 1 is 1.05 bits per heavy atom. The number of hydrogen-bond donors (Lipinski definition) is 1. The molecule has 112 valence electrons. The fourth-order valence-corrected chi connectivity index (χ4v) is 2.25. The molecule has 0 radical (unpaired) electrons. The van der Waals surface area contributed by atoms with Crippen LogP contribution in [0, 0.1) is 24.4 Å². The van der Waals surface area contributed by atoms with Crippen LogP contribution in [0.15, 0.2) is 36.4 Å². The molecule has 1 N–H and O–H groups in total. The standard InChI is InChI=1S/C17H18F3N/c1-11-4-3-5-13(8-11)7-6-12(2)21-14-9-15(18)17(20)16(19)10-14/h3-5,8-10,12,21H,6-7H2,1-2H3. The van der Waals surface area contributed by atoms with Crippen LogP contribution in [-0.2, 0) is 6.42 Å². The molecule has 0 aliphatic rings.